The summed E-state index contributed by atoms with van der Waals surface area (Å²) >= 11 is 0. The van der Waals surface area contributed by atoms with Crippen molar-refractivity contribution < 1.29 is 23.5 Å². The fourth-order valence-corrected chi connectivity index (χ4v) is 2.95. The Morgan fingerprint density at radius 2 is 1.45 bits per heavy atom. The number of nitrogens with one attached hydrogen (secondary N) is 1. The number of para-hydroxylation sites is 1. The minimum atomic E-state index is -1.12. The molecule has 6 heteroatoms. The lowest BCUT2D eigenvalue weighted by molar-refractivity contribution is -0.153. The topological polar surface area (TPSA) is 72.5 Å². The summed E-state index contributed by atoms with van der Waals surface area (Å²) in [6, 6.07) is 22.6. The molecule has 1 amide bonds. The lowest BCUT2D eigenvalue weighted by atomic mass is 10.0. The third-order valence-electron chi connectivity index (χ3n) is 4.68. The van der Waals surface area contributed by atoms with Gasteiger partial charge in [0, 0.05) is 12.0 Å². The zero-order valence-electron chi connectivity index (χ0n) is 17.0. The maximum Gasteiger partial charge on any atom is 0.307 e. The molecule has 0 saturated carbocycles. The second kappa shape index (κ2) is 10.3. The lowest BCUT2D eigenvalue weighted by Gasteiger charge is -2.13. The fourth-order valence-electron chi connectivity index (χ4n) is 2.95. The number of ether oxygens (including phenoxy) is 1. The Hall–Kier alpha value is -3.80. The molecular weight excluding hydrogens is 397 g/mol. The molecule has 5 nitrogen and oxygen atoms in total. The van der Waals surface area contributed by atoms with Crippen LogP contribution < -0.4 is 5.32 Å². The first-order chi connectivity index (χ1) is 14.9. The molecule has 0 radical (unpaired) electrons. The monoisotopic (exact) mass is 419 g/mol. The van der Waals surface area contributed by atoms with E-state index in [2.05, 4.69) is 5.32 Å². The average Bonchev–Trinajstić information content (AvgIpc) is 2.79. The predicted octanol–water partition coefficient (Wildman–Crippen LogP) is 5.03. The summed E-state index contributed by atoms with van der Waals surface area (Å²) in [5, 5.41) is 2.37. The number of ketones is 1. The number of Topliss-reactive ketones (excluding diaryl/α,β-unsaturated/α-hetero) is 1. The fraction of sp³-hybridized carbons (Fsp3) is 0.160. The number of hydrogen-bond acceptors (Lipinski definition) is 4. The molecule has 0 heterocycles. The first-order valence-corrected chi connectivity index (χ1v) is 9.87. The zero-order valence-corrected chi connectivity index (χ0v) is 17.0. The van der Waals surface area contributed by atoms with Crippen molar-refractivity contribution in [2.75, 3.05) is 5.32 Å². The number of hydrogen-bond donors (Lipinski definition) is 1. The highest BCUT2D eigenvalue weighted by Crippen LogP contribution is 2.20. The third-order valence-corrected chi connectivity index (χ3v) is 4.68. The van der Waals surface area contributed by atoms with E-state index in [1.165, 1.54) is 25.1 Å². The highest BCUT2D eigenvalue weighted by molar-refractivity contribution is 5.98. The first-order valence-electron chi connectivity index (χ1n) is 9.87. The van der Waals surface area contributed by atoms with Crippen molar-refractivity contribution in [1.29, 1.82) is 0 Å². The van der Waals surface area contributed by atoms with Crippen molar-refractivity contribution in [2.24, 2.45) is 0 Å². The van der Waals surface area contributed by atoms with Crippen LogP contribution in [0.1, 0.15) is 30.1 Å². The summed E-state index contributed by atoms with van der Waals surface area (Å²) in [5.74, 6) is -2.11. The molecule has 0 aromatic heterocycles. The molecular formula is C25H22FNO4. The molecule has 1 N–H and O–H groups in total. The maximum atomic E-state index is 13.6. The van der Waals surface area contributed by atoms with Gasteiger partial charge < -0.3 is 10.1 Å². The molecule has 31 heavy (non-hydrogen) atoms. The van der Waals surface area contributed by atoms with Gasteiger partial charge >= 0.3 is 5.97 Å². The first kappa shape index (κ1) is 21.9. The number of halogens is 1. The van der Waals surface area contributed by atoms with E-state index in [1.807, 2.05) is 42.5 Å². The van der Waals surface area contributed by atoms with E-state index in [0.29, 0.717) is 5.56 Å². The molecule has 0 spiro atoms. The second-order valence-electron chi connectivity index (χ2n) is 6.97. The smallest absolute Gasteiger partial charge is 0.307 e. The van der Waals surface area contributed by atoms with E-state index in [0.717, 1.165) is 11.1 Å². The highest BCUT2D eigenvalue weighted by atomic mass is 19.1. The molecule has 0 saturated heterocycles. The van der Waals surface area contributed by atoms with Gasteiger partial charge in [-0.1, -0.05) is 66.7 Å². The molecule has 3 rings (SSSR count). The van der Waals surface area contributed by atoms with Gasteiger partial charge in [-0.3, -0.25) is 14.4 Å². The Kier molecular flexibility index (Phi) is 7.27. The summed E-state index contributed by atoms with van der Waals surface area (Å²) in [5.41, 5.74) is 2.54. The van der Waals surface area contributed by atoms with E-state index >= 15 is 0 Å². The third kappa shape index (κ3) is 6.09. The van der Waals surface area contributed by atoms with Gasteiger partial charge in [-0.15, -0.1) is 0 Å². The summed E-state index contributed by atoms with van der Waals surface area (Å²) in [6.07, 6.45) is -1.31. The van der Waals surface area contributed by atoms with E-state index in [9.17, 15) is 18.8 Å². The largest absolute Gasteiger partial charge is 0.453 e. The van der Waals surface area contributed by atoms with E-state index < -0.39 is 23.8 Å². The minimum absolute atomic E-state index is 0.00419. The molecule has 0 bridgehead atoms. The van der Waals surface area contributed by atoms with Gasteiger partial charge in [0.15, 0.2) is 11.9 Å². The molecule has 0 aliphatic carbocycles. The normalized spacial score (nSPS) is 11.4. The van der Waals surface area contributed by atoms with Crippen molar-refractivity contribution in [1.82, 2.24) is 0 Å². The zero-order chi connectivity index (χ0) is 22.2. The standard InChI is InChI=1S/C25H22FNO4/c1-17(25(30)27-22-10-6-5-9-21(22)26)31-24(29)16-15-23(28)20-13-11-19(12-14-20)18-7-3-2-4-8-18/h2-14,17H,15-16H2,1H3,(H,27,30)/t17-/m0/s1. The molecule has 0 aliphatic rings. The number of esters is 1. The van der Waals surface area contributed by atoms with Crippen molar-refractivity contribution in [2.45, 2.75) is 25.9 Å². The van der Waals surface area contributed by atoms with E-state index in [-0.39, 0.29) is 24.3 Å². The molecule has 1 atom stereocenters. The van der Waals surface area contributed by atoms with Gasteiger partial charge in [-0.2, -0.15) is 0 Å². The van der Waals surface area contributed by atoms with Crippen LogP contribution in [0.2, 0.25) is 0 Å². The number of carbonyl (C=O) groups is 3. The van der Waals surface area contributed by atoms with Crippen LogP contribution in [0.25, 0.3) is 11.1 Å². The molecule has 0 unspecified atom stereocenters. The molecule has 0 aliphatic heterocycles. The van der Waals surface area contributed by atoms with Crippen molar-refractivity contribution in [3.8, 4) is 11.1 Å². The number of anilines is 1. The lowest BCUT2D eigenvalue weighted by Crippen LogP contribution is -2.30. The van der Waals surface area contributed by atoms with E-state index in [4.69, 9.17) is 4.74 Å². The Balaban J connectivity index is 1.48. The van der Waals surface area contributed by atoms with Crippen molar-refractivity contribution in [3.63, 3.8) is 0 Å². The minimum Gasteiger partial charge on any atom is -0.453 e. The van der Waals surface area contributed by atoms with Crippen LogP contribution >= 0.6 is 0 Å². The SMILES string of the molecule is C[C@H](OC(=O)CCC(=O)c1ccc(-c2ccccc2)cc1)C(=O)Nc1ccccc1F. The van der Waals surface area contributed by atoms with Crippen LogP contribution in [0.5, 0.6) is 0 Å². The molecule has 3 aromatic rings. The van der Waals surface area contributed by atoms with Crippen LogP contribution in [0.4, 0.5) is 10.1 Å². The summed E-state index contributed by atoms with van der Waals surface area (Å²) in [6.45, 7) is 1.39. The van der Waals surface area contributed by atoms with Gasteiger partial charge in [0.05, 0.1) is 12.1 Å². The summed E-state index contributed by atoms with van der Waals surface area (Å²) in [7, 11) is 0. The molecule has 0 fully saturated rings. The number of carbonyl (C=O) groups excluding carboxylic acids is 3. The van der Waals surface area contributed by atoms with Crippen LogP contribution in [-0.2, 0) is 14.3 Å². The Bertz CT molecular complexity index is 1060. The van der Waals surface area contributed by atoms with Crippen LogP contribution in [0, 0.1) is 5.82 Å². The Labute approximate surface area is 179 Å². The highest BCUT2D eigenvalue weighted by Gasteiger charge is 2.20. The van der Waals surface area contributed by atoms with Crippen LogP contribution in [-0.4, -0.2) is 23.8 Å². The van der Waals surface area contributed by atoms with E-state index in [1.54, 1.807) is 18.2 Å². The van der Waals surface area contributed by atoms with Gasteiger partial charge in [0.1, 0.15) is 5.82 Å². The van der Waals surface area contributed by atoms with Crippen LogP contribution in [0.15, 0.2) is 78.9 Å². The van der Waals surface area contributed by atoms with Crippen molar-refractivity contribution >= 4 is 23.3 Å². The van der Waals surface area contributed by atoms with Gasteiger partial charge in [0.2, 0.25) is 0 Å². The average molecular weight is 419 g/mol. The van der Waals surface area contributed by atoms with Crippen LogP contribution in [0.3, 0.4) is 0 Å². The van der Waals surface area contributed by atoms with Gasteiger partial charge in [0.25, 0.3) is 5.91 Å². The summed E-state index contributed by atoms with van der Waals surface area (Å²) in [4.78, 5) is 36.5. The summed E-state index contributed by atoms with van der Waals surface area (Å²) < 4.78 is 18.7. The quantitative estimate of drug-likeness (QED) is 0.411. The molecule has 158 valence electrons. The number of rotatable bonds is 8. The number of amides is 1. The second-order valence-corrected chi connectivity index (χ2v) is 6.97. The van der Waals surface area contributed by atoms with Gasteiger partial charge in [-0.25, -0.2) is 4.39 Å². The number of benzene rings is 3. The Morgan fingerprint density at radius 3 is 2.13 bits per heavy atom. The van der Waals surface area contributed by atoms with Gasteiger partial charge in [-0.05, 0) is 30.2 Å². The Morgan fingerprint density at radius 1 is 0.839 bits per heavy atom. The van der Waals surface area contributed by atoms with Crippen molar-refractivity contribution in [3.05, 3.63) is 90.2 Å². The maximum absolute atomic E-state index is 13.6. The predicted molar refractivity (Wildman–Crippen MR) is 116 cm³/mol. The molecule has 3 aromatic carbocycles.